The van der Waals surface area contributed by atoms with Crippen molar-refractivity contribution in [3.05, 3.63) is 99.5 Å². The number of rotatable bonds is 6. The standard InChI is InChI=1S/C26H20F3N3O4/c1-15-10-11-18-24(35)19(23(34)16-6-5-7-17(12-16)36-2)13-32(25(18)30-15)14-22(33)31-21-9-4-3-8-20(21)26(27,28)29/h3-13H,14H2,1-2H3,(H,31,33). The summed E-state index contributed by atoms with van der Waals surface area (Å²) >= 11 is 0. The molecule has 2 heterocycles. The number of ketones is 1. The summed E-state index contributed by atoms with van der Waals surface area (Å²) in [5, 5.41) is 2.36. The fourth-order valence-electron chi connectivity index (χ4n) is 3.75. The smallest absolute Gasteiger partial charge is 0.418 e. The van der Waals surface area contributed by atoms with E-state index in [4.69, 9.17) is 4.74 Å². The molecule has 0 aliphatic rings. The van der Waals surface area contributed by atoms with Gasteiger partial charge < -0.3 is 14.6 Å². The van der Waals surface area contributed by atoms with Gasteiger partial charge in [-0.2, -0.15) is 13.2 Å². The summed E-state index contributed by atoms with van der Waals surface area (Å²) in [5.41, 5.74) is -1.33. The molecule has 0 unspecified atom stereocenters. The van der Waals surface area contributed by atoms with Gasteiger partial charge in [-0.3, -0.25) is 14.4 Å². The minimum absolute atomic E-state index is 0.0952. The second kappa shape index (κ2) is 9.65. The number of methoxy groups -OCH3 is 1. The molecular weight excluding hydrogens is 475 g/mol. The van der Waals surface area contributed by atoms with Crippen molar-refractivity contribution in [3.8, 4) is 5.75 Å². The van der Waals surface area contributed by atoms with Crippen molar-refractivity contribution in [2.45, 2.75) is 19.6 Å². The fraction of sp³-hybridized carbons (Fsp3) is 0.154. The van der Waals surface area contributed by atoms with Crippen molar-refractivity contribution in [3.63, 3.8) is 0 Å². The number of para-hydroxylation sites is 1. The minimum atomic E-state index is -4.66. The number of ether oxygens (including phenoxy) is 1. The van der Waals surface area contributed by atoms with E-state index in [1.165, 1.54) is 48.2 Å². The van der Waals surface area contributed by atoms with Gasteiger partial charge in [-0.1, -0.05) is 24.3 Å². The largest absolute Gasteiger partial charge is 0.497 e. The molecule has 2 aromatic carbocycles. The predicted octanol–water partition coefficient (Wildman–Crippen LogP) is 4.60. The second-order valence-corrected chi connectivity index (χ2v) is 7.98. The van der Waals surface area contributed by atoms with Gasteiger partial charge in [-0.25, -0.2) is 4.98 Å². The third-order valence-corrected chi connectivity index (χ3v) is 5.46. The predicted molar refractivity (Wildman–Crippen MR) is 127 cm³/mol. The second-order valence-electron chi connectivity index (χ2n) is 7.98. The van der Waals surface area contributed by atoms with E-state index in [1.807, 2.05) is 0 Å². The number of carbonyl (C=O) groups excluding carboxylic acids is 2. The molecule has 2 aromatic heterocycles. The number of fused-ring (bicyclic) bond motifs is 1. The Labute approximate surface area is 203 Å². The molecule has 10 heteroatoms. The summed E-state index contributed by atoms with van der Waals surface area (Å²) in [6.45, 7) is 1.20. The maximum atomic E-state index is 13.3. The Balaban J connectivity index is 1.76. The van der Waals surface area contributed by atoms with Crippen LogP contribution in [0.25, 0.3) is 11.0 Å². The average Bonchev–Trinajstić information content (AvgIpc) is 2.85. The van der Waals surface area contributed by atoms with Gasteiger partial charge in [0.15, 0.2) is 5.78 Å². The molecule has 4 rings (SSSR count). The summed E-state index contributed by atoms with van der Waals surface area (Å²) < 4.78 is 46.4. The highest BCUT2D eigenvalue weighted by atomic mass is 19.4. The third-order valence-electron chi connectivity index (χ3n) is 5.46. The zero-order valence-electron chi connectivity index (χ0n) is 19.2. The Morgan fingerprint density at radius 1 is 1.06 bits per heavy atom. The molecule has 0 saturated heterocycles. The van der Waals surface area contributed by atoms with Gasteiger partial charge in [0, 0.05) is 17.5 Å². The number of aryl methyl sites for hydroxylation is 1. The van der Waals surface area contributed by atoms with Crippen LogP contribution >= 0.6 is 0 Å². The van der Waals surface area contributed by atoms with Gasteiger partial charge in [-0.15, -0.1) is 0 Å². The number of aromatic nitrogens is 2. The molecule has 184 valence electrons. The van der Waals surface area contributed by atoms with Crippen molar-refractivity contribution in [2.75, 3.05) is 12.4 Å². The highest BCUT2D eigenvalue weighted by Gasteiger charge is 2.33. The van der Waals surface area contributed by atoms with Crippen LogP contribution in [-0.2, 0) is 17.5 Å². The Kier molecular flexibility index (Phi) is 6.61. The van der Waals surface area contributed by atoms with Crippen LogP contribution in [-0.4, -0.2) is 28.4 Å². The average molecular weight is 495 g/mol. The normalized spacial score (nSPS) is 11.4. The van der Waals surface area contributed by atoms with E-state index in [-0.39, 0.29) is 22.2 Å². The molecule has 0 aliphatic heterocycles. The number of nitrogens with one attached hydrogen (secondary N) is 1. The summed E-state index contributed by atoms with van der Waals surface area (Å²) in [5.74, 6) is -0.973. The molecule has 1 N–H and O–H groups in total. The monoisotopic (exact) mass is 495 g/mol. The number of hydrogen-bond donors (Lipinski definition) is 1. The molecule has 0 fully saturated rings. The van der Waals surface area contributed by atoms with Crippen molar-refractivity contribution in [1.82, 2.24) is 9.55 Å². The lowest BCUT2D eigenvalue weighted by Crippen LogP contribution is -2.25. The number of nitrogens with zero attached hydrogens (tertiary/aromatic N) is 2. The molecule has 0 saturated carbocycles. The Morgan fingerprint density at radius 2 is 1.81 bits per heavy atom. The van der Waals surface area contributed by atoms with Crippen LogP contribution in [0, 0.1) is 6.92 Å². The van der Waals surface area contributed by atoms with Gasteiger partial charge in [0.1, 0.15) is 17.9 Å². The van der Waals surface area contributed by atoms with E-state index in [9.17, 15) is 27.6 Å². The lowest BCUT2D eigenvalue weighted by Gasteiger charge is -2.16. The van der Waals surface area contributed by atoms with Gasteiger partial charge in [-0.05, 0) is 43.3 Å². The van der Waals surface area contributed by atoms with Crippen molar-refractivity contribution >= 4 is 28.4 Å². The Bertz CT molecular complexity index is 1540. The number of hydrogen-bond acceptors (Lipinski definition) is 5. The molecule has 0 aliphatic carbocycles. The molecule has 7 nitrogen and oxygen atoms in total. The van der Waals surface area contributed by atoms with Gasteiger partial charge in [0.05, 0.1) is 29.3 Å². The zero-order chi connectivity index (χ0) is 26.0. The Morgan fingerprint density at radius 3 is 2.53 bits per heavy atom. The lowest BCUT2D eigenvalue weighted by molar-refractivity contribution is -0.137. The van der Waals surface area contributed by atoms with E-state index in [0.717, 1.165) is 12.1 Å². The Hall–Kier alpha value is -4.47. The van der Waals surface area contributed by atoms with Crippen molar-refractivity contribution in [2.24, 2.45) is 0 Å². The van der Waals surface area contributed by atoms with E-state index >= 15 is 0 Å². The minimum Gasteiger partial charge on any atom is -0.497 e. The number of halogens is 3. The van der Waals surface area contributed by atoms with Crippen LogP contribution in [0.5, 0.6) is 5.75 Å². The van der Waals surface area contributed by atoms with Gasteiger partial charge in [0.25, 0.3) is 0 Å². The molecular formula is C26H20F3N3O4. The quantitative estimate of drug-likeness (QED) is 0.395. The van der Waals surface area contributed by atoms with Crippen LogP contribution in [0.15, 0.2) is 71.7 Å². The van der Waals surface area contributed by atoms with E-state index in [1.54, 1.807) is 25.1 Å². The van der Waals surface area contributed by atoms with Gasteiger partial charge in [0.2, 0.25) is 11.3 Å². The van der Waals surface area contributed by atoms with Crippen molar-refractivity contribution < 1.29 is 27.5 Å². The van der Waals surface area contributed by atoms with Crippen LogP contribution in [0.2, 0.25) is 0 Å². The fourth-order valence-corrected chi connectivity index (χ4v) is 3.75. The maximum Gasteiger partial charge on any atom is 0.418 e. The van der Waals surface area contributed by atoms with E-state index in [2.05, 4.69) is 10.3 Å². The SMILES string of the molecule is COc1cccc(C(=O)c2cn(CC(=O)Nc3ccccc3C(F)(F)F)c3nc(C)ccc3c2=O)c1. The molecule has 0 radical (unpaired) electrons. The molecule has 36 heavy (non-hydrogen) atoms. The van der Waals surface area contributed by atoms with Crippen molar-refractivity contribution in [1.29, 1.82) is 0 Å². The van der Waals surface area contributed by atoms with Crippen LogP contribution in [0.1, 0.15) is 27.2 Å². The number of amides is 1. The zero-order valence-corrected chi connectivity index (χ0v) is 19.2. The number of pyridine rings is 2. The number of alkyl halides is 3. The summed E-state index contributed by atoms with van der Waals surface area (Å²) in [7, 11) is 1.44. The summed E-state index contributed by atoms with van der Waals surface area (Å²) in [4.78, 5) is 43.5. The molecule has 4 aromatic rings. The molecule has 1 amide bonds. The van der Waals surface area contributed by atoms with Gasteiger partial charge >= 0.3 is 6.18 Å². The lowest BCUT2D eigenvalue weighted by atomic mass is 10.0. The third kappa shape index (κ3) is 4.97. The van der Waals surface area contributed by atoms with Crippen LogP contribution in [0.3, 0.4) is 0 Å². The first-order chi connectivity index (χ1) is 17.1. The van der Waals surface area contributed by atoms with E-state index < -0.39 is 41.1 Å². The van der Waals surface area contributed by atoms with Crippen LogP contribution in [0.4, 0.5) is 18.9 Å². The first kappa shape index (κ1) is 24.6. The summed E-state index contributed by atoms with van der Waals surface area (Å²) in [6.07, 6.45) is -3.46. The highest BCUT2D eigenvalue weighted by molar-refractivity contribution is 6.10. The van der Waals surface area contributed by atoms with E-state index in [0.29, 0.717) is 11.4 Å². The first-order valence-electron chi connectivity index (χ1n) is 10.7. The maximum absolute atomic E-state index is 13.3. The topological polar surface area (TPSA) is 90.3 Å². The molecule has 0 bridgehead atoms. The summed E-state index contributed by atoms with van der Waals surface area (Å²) in [6, 6.07) is 13.9. The number of benzene rings is 2. The molecule has 0 spiro atoms. The highest BCUT2D eigenvalue weighted by Crippen LogP contribution is 2.34. The number of anilines is 1. The first-order valence-corrected chi connectivity index (χ1v) is 10.7. The molecule has 0 atom stereocenters. The van der Waals surface area contributed by atoms with Crippen LogP contribution < -0.4 is 15.5 Å². The number of carbonyl (C=O) groups is 2.